The van der Waals surface area contributed by atoms with Gasteiger partial charge in [0.1, 0.15) is 0 Å². The summed E-state index contributed by atoms with van der Waals surface area (Å²) in [7, 11) is 0. The van der Waals surface area contributed by atoms with E-state index < -0.39 is 0 Å². The van der Waals surface area contributed by atoms with E-state index in [0.717, 1.165) is 22.4 Å². The van der Waals surface area contributed by atoms with Crippen LogP contribution in [0.2, 0.25) is 0 Å². The third-order valence-electron chi connectivity index (χ3n) is 4.55. The third kappa shape index (κ3) is 4.23. The fraction of sp³-hybridized carbons (Fsp3) is 0.130. The lowest BCUT2D eigenvalue weighted by molar-refractivity contribution is 0.102. The zero-order valence-corrected chi connectivity index (χ0v) is 15.7. The second kappa shape index (κ2) is 7.87. The van der Waals surface area contributed by atoms with Gasteiger partial charge >= 0.3 is 0 Å². The molecule has 0 aliphatic heterocycles. The summed E-state index contributed by atoms with van der Waals surface area (Å²) in [5.74, 6) is -0.505. The first-order chi connectivity index (χ1) is 13.0. The molecule has 0 bridgehead atoms. The number of benzene rings is 3. The molecule has 0 spiro atoms. The van der Waals surface area contributed by atoms with Crippen molar-refractivity contribution in [3.63, 3.8) is 0 Å². The summed E-state index contributed by atoms with van der Waals surface area (Å²) in [6.45, 7) is 5.90. The van der Waals surface area contributed by atoms with E-state index in [0.29, 0.717) is 16.8 Å². The molecule has 0 heterocycles. The summed E-state index contributed by atoms with van der Waals surface area (Å²) in [6, 6.07) is 20.1. The molecule has 27 heavy (non-hydrogen) atoms. The Kier molecular flexibility index (Phi) is 5.36. The SMILES string of the molecule is Cc1cccc(C(=O)Nc2ccccc2C(=O)Nc2cccc(C)c2C)c1. The summed E-state index contributed by atoms with van der Waals surface area (Å²) in [4.78, 5) is 25.4. The van der Waals surface area contributed by atoms with Crippen LogP contribution in [-0.2, 0) is 0 Å². The molecule has 0 saturated carbocycles. The normalized spacial score (nSPS) is 10.3. The summed E-state index contributed by atoms with van der Waals surface area (Å²) in [5, 5.41) is 5.79. The average molecular weight is 358 g/mol. The van der Waals surface area contributed by atoms with Gasteiger partial charge in [-0.25, -0.2) is 0 Å². The minimum atomic E-state index is -0.260. The van der Waals surface area contributed by atoms with Crippen LogP contribution in [0.25, 0.3) is 0 Å². The number of amides is 2. The number of anilines is 2. The van der Waals surface area contributed by atoms with E-state index in [4.69, 9.17) is 0 Å². The molecule has 2 N–H and O–H groups in total. The molecule has 2 amide bonds. The van der Waals surface area contributed by atoms with E-state index in [9.17, 15) is 9.59 Å². The Morgan fingerprint density at radius 3 is 2.15 bits per heavy atom. The Morgan fingerprint density at radius 2 is 1.37 bits per heavy atom. The van der Waals surface area contributed by atoms with Crippen LogP contribution in [0.3, 0.4) is 0 Å². The number of carbonyl (C=O) groups excluding carboxylic acids is 2. The van der Waals surface area contributed by atoms with Crippen LogP contribution in [0.15, 0.2) is 66.7 Å². The fourth-order valence-corrected chi connectivity index (χ4v) is 2.85. The van der Waals surface area contributed by atoms with Gasteiger partial charge in [0.2, 0.25) is 0 Å². The smallest absolute Gasteiger partial charge is 0.257 e. The lowest BCUT2D eigenvalue weighted by Gasteiger charge is -2.14. The van der Waals surface area contributed by atoms with Crippen molar-refractivity contribution >= 4 is 23.2 Å². The van der Waals surface area contributed by atoms with Crippen LogP contribution in [0.4, 0.5) is 11.4 Å². The van der Waals surface area contributed by atoms with Gasteiger partial charge in [-0.2, -0.15) is 0 Å². The maximum Gasteiger partial charge on any atom is 0.257 e. The van der Waals surface area contributed by atoms with Crippen molar-refractivity contribution < 1.29 is 9.59 Å². The number of hydrogen-bond donors (Lipinski definition) is 2. The molecule has 0 aliphatic carbocycles. The molecular weight excluding hydrogens is 336 g/mol. The van der Waals surface area contributed by atoms with E-state index in [-0.39, 0.29) is 11.8 Å². The predicted molar refractivity (Wildman–Crippen MR) is 109 cm³/mol. The van der Waals surface area contributed by atoms with Crippen molar-refractivity contribution in [3.8, 4) is 0 Å². The average Bonchev–Trinajstić information content (AvgIpc) is 2.66. The van der Waals surface area contributed by atoms with Crippen LogP contribution < -0.4 is 10.6 Å². The molecule has 4 heteroatoms. The molecule has 0 fully saturated rings. The summed E-state index contributed by atoms with van der Waals surface area (Å²) < 4.78 is 0. The molecule has 0 saturated heterocycles. The monoisotopic (exact) mass is 358 g/mol. The van der Waals surface area contributed by atoms with Gasteiger partial charge in [0.05, 0.1) is 11.3 Å². The third-order valence-corrected chi connectivity index (χ3v) is 4.55. The fourth-order valence-electron chi connectivity index (χ4n) is 2.85. The predicted octanol–water partition coefficient (Wildman–Crippen LogP) is 5.12. The van der Waals surface area contributed by atoms with Crippen LogP contribution in [0.5, 0.6) is 0 Å². The van der Waals surface area contributed by atoms with Crippen molar-refractivity contribution in [2.24, 2.45) is 0 Å². The zero-order chi connectivity index (χ0) is 19.4. The van der Waals surface area contributed by atoms with Gasteiger partial charge in [-0.05, 0) is 62.2 Å². The largest absolute Gasteiger partial charge is 0.322 e. The Labute approximate surface area is 159 Å². The molecule has 3 aromatic rings. The van der Waals surface area contributed by atoms with Crippen LogP contribution in [0, 0.1) is 20.8 Å². The van der Waals surface area contributed by atoms with E-state index in [1.165, 1.54) is 0 Å². The molecule has 4 nitrogen and oxygen atoms in total. The highest BCUT2D eigenvalue weighted by molar-refractivity contribution is 6.12. The first-order valence-corrected chi connectivity index (χ1v) is 8.80. The van der Waals surface area contributed by atoms with Gasteiger partial charge < -0.3 is 10.6 Å². The molecule has 3 rings (SSSR count). The van der Waals surface area contributed by atoms with Gasteiger partial charge in [-0.15, -0.1) is 0 Å². The number of nitrogens with one attached hydrogen (secondary N) is 2. The van der Waals surface area contributed by atoms with Gasteiger partial charge in [0.25, 0.3) is 11.8 Å². The quantitative estimate of drug-likeness (QED) is 0.680. The Morgan fingerprint density at radius 1 is 0.704 bits per heavy atom. The van der Waals surface area contributed by atoms with E-state index in [1.54, 1.807) is 30.3 Å². The number of para-hydroxylation sites is 1. The molecule has 136 valence electrons. The van der Waals surface area contributed by atoms with Crippen molar-refractivity contribution in [2.75, 3.05) is 10.6 Å². The van der Waals surface area contributed by atoms with E-state index >= 15 is 0 Å². The van der Waals surface area contributed by atoms with Gasteiger partial charge in [0.15, 0.2) is 0 Å². The Balaban J connectivity index is 1.84. The first kappa shape index (κ1) is 18.4. The van der Waals surface area contributed by atoms with Crippen molar-refractivity contribution in [1.82, 2.24) is 0 Å². The number of hydrogen-bond acceptors (Lipinski definition) is 2. The minimum Gasteiger partial charge on any atom is -0.322 e. The molecule has 0 atom stereocenters. The molecule has 0 unspecified atom stereocenters. The summed E-state index contributed by atoms with van der Waals surface area (Å²) in [6.07, 6.45) is 0. The molecular formula is C23H22N2O2. The lowest BCUT2D eigenvalue weighted by Crippen LogP contribution is -2.18. The van der Waals surface area contributed by atoms with Crippen LogP contribution in [0.1, 0.15) is 37.4 Å². The van der Waals surface area contributed by atoms with Crippen molar-refractivity contribution in [2.45, 2.75) is 20.8 Å². The standard InChI is InChI=1S/C23H22N2O2/c1-15-8-6-10-18(14-15)22(26)25-21-12-5-4-11-19(21)23(27)24-20-13-7-9-16(2)17(20)3/h4-14H,1-3H3,(H,24,27)(H,25,26). The zero-order valence-electron chi connectivity index (χ0n) is 15.7. The van der Waals surface area contributed by atoms with Gasteiger partial charge in [0, 0.05) is 11.3 Å². The highest BCUT2D eigenvalue weighted by Crippen LogP contribution is 2.22. The van der Waals surface area contributed by atoms with Crippen LogP contribution >= 0.6 is 0 Å². The Bertz CT molecular complexity index is 1010. The van der Waals surface area contributed by atoms with Gasteiger partial charge in [-0.3, -0.25) is 9.59 Å². The number of carbonyl (C=O) groups is 2. The molecule has 0 aromatic heterocycles. The van der Waals surface area contributed by atoms with Crippen molar-refractivity contribution in [3.05, 3.63) is 94.5 Å². The van der Waals surface area contributed by atoms with E-state index in [1.807, 2.05) is 57.2 Å². The molecule has 3 aromatic carbocycles. The molecule has 0 radical (unpaired) electrons. The maximum absolute atomic E-state index is 12.8. The minimum absolute atomic E-state index is 0.245. The maximum atomic E-state index is 12.8. The summed E-state index contributed by atoms with van der Waals surface area (Å²) >= 11 is 0. The topological polar surface area (TPSA) is 58.2 Å². The van der Waals surface area contributed by atoms with Crippen molar-refractivity contribution in [1.29, 1.82) is 0 Å². The first-order valence-electron chi connectivity index (χ1n) is 8.80. The highest BCUT2D eigenvalue weighted by atomic mass is 16.2. The second-order valence-electron chi connectivity index (χ2n) is 6.57. The second-order valence-corrected chi connectivity index (χ2v) is 6.57. The summed E-state index contributed by atoms with van der Waals surface area (Å²) in [5.41, 5.74) is 5.34. The number of rotatable bonds is 4. The number of aryl methyl sites for hydroxylation is 2. The van der Waals surface area contributed by atoms with Gasteiger partial charge in [-0.1, -0.05) is 42.0 Å². The van der Waals surface area contributed by atoms with E-state index in [2.05, 4.69) is 10.6 Å². The lowest BCUT2D eigenvalue weighted by atomic mass is 10.1. The molecule has 0 aliphatic rings. The highest BCUT2D eigenvalue weighted by Gasteiger charge is 2.15. The van der Waals surface area contributed by atoms with Crippen LogP contribution in [-0.4, -0.2) is 11.8 Å². The Hall–Kier alpha value is -3.40.